The molecule has 9 nitrogen and oxygen atoms in total. The van der Waals surface area contributed by atoms with Crippen LogP contribution < -0.4 is 20.1 Å². The number of nitrogens with zero attached hydrogens (tertiary/aromatic N) is 4. The molecule has 30 heavy (non-hydrogen) atoms. The number of rotatable bonds is 10. The molecule has 0 atom stereocenters. The highest BCUT2D eigenvalue weighted by molar-refractivity contribution is 7.98. The molecule has 10 heteroatoms. The average Bonchev–Trinajstić information content (AvgIpc) is 3.15. The molecule has 2 heterocycles. The number of ether oxygens (including phenoxy) is 2. The summed E-state index contributed by atoms with van der Waals surface area (Å²) in [6, 6.07) is 7.44. The van der Waals surface area contributed by atoms with E-state index < -0.39 is 0 Å². The first-order valence-corrected chi connectivity index (χ1v) is 10.8. The zero-order valence-electron chi connectivity index (χ0n) is 17.5. The van der Waals surface area contributed by atoms with Crippen molar-refractivity contribution >= 4 is 34.5 Å². The molecular formula is C20H26N6O3S. The maximum atomic E-state index is 12.1. The Bertz CT molecular complexity index is 1010. The van der Waals surface area contributed by atoms with Crippen molar-refractivity contribution in [1.82, 2.24) is 25.1 Å². The SMILES string of the molecule is COc1ccccc1OCC(=O)NCCn1ncc2c(NC(C)C)nc(SC)nc21. The van der Waals surface area contributed by atoms with Gasteiger partial charge in [0, 0.05) is 12.6 Å². The maximum absolute atomic E-state index is 12.1. The summed E-state index contributed by atoms with van der Waals surface area (Å²) in [7, 11) is 1.56. The van der Waals surface area contributed by atoms with Crippen LogP contribution >= 0.6 is 11.8 Å². The van der Waals surface area contributed by atoms with Crippen molar-refractivity contribution in [1.29, 1.82) is 0 Å². The Morgan fingerprint density at radius 1 is 1.23 bits per heavy atom. The largest absolute Gasteiger partial charge is 0.493 e. The third-order valence-electron chi connectivity index (χ3n) is 4.16. The monoisotopic (exact) mass is 430 g/mol. The van der Waals surface area contributed by atoms with Crippen LogP contribution in [0.4, 0.5) is 5.82 Å². The van der Waals surface area contributed by atoms with E-state index in [0.29, 0.717) is 29.7 Å². The van der Waals surface area contributed by atoms with Gasteiger partial charge in [-0.2, -0.15) is 5.10 Å². The number of hydrogen-bond donors (Lipinski definition) is 2. The molecule has 160 valence electrons. The van der Waals surface area contributed by atoms with E-state index in [0.717, 1.165) is 16.9 Å². The summed E-state index contributed by atoms with van der Waals surface area (Å²) in [5, 5.41) is 12.1. The van der Waals surface area contributed by atoms with E-state index in [9.17, 15) is 4.79 Å². The second kappa shape index (κ2) is 10.1. The lowest BCUT2D eigenvalue weighted by atomic mass is 10.3. The number of hydrogen-bond acceptors (Lipinski definition) is 8. The number of carbonyl (C=O) groups excluding carboxylic acids is 1. The second-order valence-corrected chi connectivity index (χ2v) is 7.53. The first kappa shape index (κ1) is 21.7. The van der Waals surface area contributed by atoms with Crippen molar-refractivity contribution in [3.05, 3.63) is 30.5 Å². The van der Waals surface area contributed by atoms with E-state index in [1.807, 2.05) is 18.4 Å². The van der Waals surface area contributed by atoms with Gasteiger partial charge in [0.1, 0.15) is 5.82 Å². The highest BCUT2D eigenvalue weighted by Crippen LogP contribution is 2.26. The first-order chi connectivity index (χ1) is 14.5. The highest BCUT2D eigenvalue weighted by Gasteiger charge is 2.14. The third kappa shape index (κ3) is 5.32. The molecule has 0 aliphatic carbocycles. The van der Waals surface area contributed by atoms with Gasteiger partial charge in [0.2, 0.25) is 0 Å². The molecule has 0 aliphatic heterocycles. The lowest BCUT2D eigenvalue weighted by molar-refractivity contribution is -0.123. The molecule has 3 rings (SSSR count). The zero-order valence-corrected chi connectivity index (χ0v) is 18.3. The third-order valence-corrected chi connectivity index (χ3v) is 4.71. The van der Waals surface area contributed by atoms with Gasteiger partial charge in [0.05, 0.1) is 25.2 Å². The predicted molar refractivity (Wildman–Crippen MR) is 117 cm³/mol. The van der Waals surface area contributed by atoms with Crippen LogP contribution in [0.1, 0.15) is 13.8 Å². The fourth-order valence-electron chi connectivity index (χ4n) is 2.81. The standard InChI is InChI=1S/C20H26N6O3S/c1-13(2)23-18-14-11-22-26(19(14)25-20(24-18)30-4)10-9-21-17(27)12-29-16-8-6-5-7-15(16)28-3/h5-8,11,13H,9-10,12H2,1-4H3,(H,21,27)(H,23,24,25). The topological polar surface area (TPSA) is 103 Å². The van der Waals surface area contributed by atoms with E-state index in [-0.39, 0.29) is 18.6 Å². The van der Waals surface area contributed by atoms with Crippen molar-refractivity contribution < 1.29 is 14.3 Å². The van der Waals surface area contributed by atoms with E-state index in [1.54, 1.807) is 30.1 Å². The van der Waals surface area contributed by atoms with Gasteiger partial charge in [0.15, 0.2) is 28.9 Å². The van der Waals surface area contributed by atoms with Crippen LogP contribution in [-0.2, 0) is 11.3 Å². The van der Waals surface area contributed by atoms with Gasteiger partial charge in [-0.3, -0.25) is 4.79 Å². The number of benzene rings is 1. The van der Waals surface area contributed by atoms with E-state index in [1.165, 1.54) is 11.8 Å². The molecule has 0 saturated heterocycles. The number of aromatic nitrogens is 4. The molecule has 0 bridgehead atoms. The minimum absolute atomic E-state index is 0.0958. The number of fused-ring (bicyclic) bond motifs is 1. The van der Waals surface area contributed by atoms with Crippen LogP contribution in [0.2, 0.25) is 0 Å². The summed E-state index contributed by atoms with van der Waals surface area (Å²) >= 11 is 1.47. The number of amides is 1. The van der Waals surface area contributed by atoms with Crippen molar-refractivity contribution in [2.45, 2.75) is 31.6 Å². The summed E-state index contributed by atoms with van der Waals surface area (Å²) in [5.74, 6) is 1.65. The maximum Gasteiger partial charge on any atom is 0.258 e. The smallest absolute Gasteiger partial charge is 0.258 e. The second-order valence-electron chi connectivity index (χ2n) is 6.75. The van der Waals surface area contributed by atoms with Gasteiger partial charge in [0.25, 0.3) is 5.91 Å². The van der Waals surface area contributed by atoms with Crippen LogP contribution in [0, 0.1) is 0 Å². The van der Waals surface area contributed by atoms with Crippen LogP contribution in [0.3, 0.4) is 0 Å². The Labute approximate surface area is 179 Å². The Kier molecular flexibility index (Phi) is 7.34. The van der Waals surface area contributed by atoms with Crippen molar-refractivity contribution in [2.24, 2.45) is 0 Å². The van der Waals surface area contributed by atoms with Crippen molar-refractivity contribution in [2.75, 3.05) is 31.8 Å². The fourth-order valence-corrected chi connectivity index (χ4v) is 3.17. The van der Waals surface area contributed by atoms with Crippen molar-refractivity contribution in [3.8, 4) is 11.5 Å². The van der Waals surface area contributed by atoms with Gasteiger partial charge in [-0.05, 0) is 32.2 Å². The van der Waals surface area contributed by atoms with Gasteiger partial charge < -0.3 is 20.1 Å². The molecule has 3 aromatic rings. The molecule has 0 aliphatic rings. The number of methoxy groups -OCH3 is 1. The lowest BCUT2D eigenvalue weighted by Crippen LogP contribution is -2.31. The Morgan fingerprint density at radius 2 is 2.00 bits per heavy atom. The van der Waals surface area contributed by atoms with Gasteiger partial charge in [-0.25, -0.2) is 14.6 Å². The summed E-state index contributed by atoms with van der Waals surface area (Å²) < 4.78 is 12.5. The van der Waals surface area contributed by atoms with Crippen LogP contribution in [0.15, 0.2) is 35.6 Å². The highest BCUT2D eigenvalue weighted by atomic mass is 32.2. The molecule has 0 spiro atoms. The molecular weight excluding hydrogens is 404 g/mol. The molecule has 1 amide bonds. The average molecular weight is 431 g/mol. The van der Waals surface area contributed by atoms with Crippen LogP contribution in [0.25, 0.3) is 11.0 Å². The predicted octanol–water partition coefficient (Wildman–Crippen LogP) is 2.57. The lowest BCUT2D eigenvalue weighted by Gasteiger charge is -2.12. The molecule has 2 N–H and O–H groups in total. The number of carbonyl (C=O) groups is 1. The van der Waals surface area contributed by atoms with E-state index in [2.05, 4.69) is 39.5 Å². The quantitative estimate of drug-likeness (QED) is 0.374. The number of para-hydroxylation sites is 2. The molecule has 0 radical (unpaired) electrons. The Hall–Kier alpha value is -3.01. The minimum atomic E-state index is -0.223. The van der Waals surface area contributed by atoms with Gasteiger partial charge >= 0.3 is 0 Å². The van der Waals surface area contributed by atoms with E-state index in [4.69, 9.17) is 9.47 Å². The molecule has 0 saturated carbocycles. The fraction of sp³-hybridized carbons (Fsp3) is 0.400. The summed E-state index contributed by atoms with van der Waals surface area (Å²) in [4.78, 5) is 21.3. The normalized spacial score (nSPS) is 11.0. The number of nitrogens with one attached hydrogen (secondary N) is 2. The van der Waals surface area contributed by atoms with Crippen molar-refractivity contribution in [3.63, 3.8) is 0 Å². The Balaban J connectivity index is 1.59. The Morgan fingerprint density at radius 3 is 2.70 bits per heavy atom. The summed E-state index contributed by atoms with van der Waals surface area (Å²) in [5.41, 5.74) is 0.733. The summed E-state index contributed by atoms with van der Waals surface area (Å²) in [6.07, 6.45) is 3.68. The zero-order chi connectivity index (χ0) is 21.5. The van der Waals surface area contributed by atoms with Gasteiger partial charge in [-0.1, -0.05) is 23.9 Å². The van der Waals surface area contributed by atoms with Crippen LogP contribution in [-0.4, -0.2) is 58.2 Å². The molecule has 2 aromatic heterocycles. The van der Waals surface area contributed by atoms with Gasteiger partial charge in [-0.15, -0.1) is 0 Å². The first-order valence-electron chi connectivity index (χ1n) is 9.58. The number of thioether (sulfide) groups is 1. The van der Waals surface area contributed by atoms with Crippen LogP contribution in [0.5, 0.6) is 11.5 Å². The van der Waals surface area contributed by atoms with E-state index >= 15 is 0 Å². The number of anilines is 1. The summed E-state index contributed by atoms with van der Waals surface area (Å²) in [6.45, 7) is 4.90. The molecule has 0 fully saturated rings. The molecule has 1 aromatic carbocycles. The molecule has 0 unspecified atom stereocenters. The minimum Gasteiger partial charge on any atom is -0.493 e.